The van der Waals surface area contributed by atoms with Gasteiger partial charge in [0.1, 0.15) is 0 Å². The highest BCUT2D eigenvalue weighted by Crippen LogP contribution is 2.33. The van der Waals surface area contributed by atoms with Crippen molar-refractivity contribution in [3.05, 3.63) is 42.1 Å². The molecule has 0 atom stereocenters. The van der Waals surface area contributed by atoms with Crippen LogP contribution in [0.25, 0.3) is 10.9 Å². The summed E-state index contributed by atoms with van der Waals surface area (Å²) in [5.41, 5.74) is 0.878. The number of ether oxygens (including phenoxy) is 2. The number of pyridine rings is 1. The fourth-order valence-electron chi connectivity index (χ4n) is 2.20. The first-order chi connectivity index (χ1) is 8.76. The summed E-state index contributed by atoms with van der Waals surface area (Å²) in [6, 6.07) is 11.7. The third-order valence-corrected chi connectivity index (χ3v) is 3.36. The Morgan fingerprint density at radius 1 is 1.28 bits per heavy atom. The molecule has 0 amide bonds. The molecule has 1 aliphatic rings. The van der Waals surface area contributed by atoms with Crippen molar-refractivity contribution in [1.29, 1.82) is 0 Å². The fraction of sp³-hybridized carbons (Fsp3) is 0.286. The van der Waals surface area contributed by atoms with E-state index in [1.165, 1.54) is 7.11 Å². The number of carbonyl (C=O) groups excluding carboxylic acids is 1. The van der Waals surface area contributed by atoms with E-state index < -0.39 is 5.41 Å². The zero-order chi connectivity index (χ0) is 12.6. The van der Waals surface area contributed by atoms with Crippen LogP contribution in [0.4, 0.5) is 0 Å². The molecule has 1 aromatic carbocycles. The number of nitrogens with zero attached hydrogens (tertiary/aromatic N) is 1. The van der Waals surface area contributed by atoms with Gasteiger partial charge >= 0.3 is 5.97 Å². The molecule has 1 fully saturated rings. The van der Waals surface area contributed by atoms with Crippen molar-refractivity contribution in [3.8, 4) is 0 Å². The van der Waals surface area contributed by atoms with E-state index in [1.54, 1.807) is 0 Å². The van der Waals surface area contributed by atoms with Crippen molar-refractivity contribution in [2.24, 2.45) is 0 Å². The lowest BCUT2D eigenvalue weighted by molar-refractivity contribution is -0.167. The number of benzene rings is 1. The van der Waals surface area contributed by atoms with E-state index in [0.717, 1.165) is 16.6 Å². The number of hydrogen-bond donors (Lipinski definition) is 0. The predicted molar refractivity (Wildman–Crippen MR) is 66.3 cm³/mol. The van der Waals surface area contributed by atoms with E-state index in [0.29, 0.717) is 13.2 Å². The van der Waals surface area contributed by atoms with Gasteiger partial charge in [0, 0.05) is 5.39 Å². The number of rotatable bonds is 2. The van der Waals surface area contributed by atoms with Crippen molar-refractivity contribution in [2.45, 2.75) is 5.41 Å². The molecule has 0 radical (unpaired) electrons. The zero-order valence-corrected chi connectivity index (χ0v) is 10.1. The molecule has 2 aromatic rings. The second-order valence-electron chi connectivity index (χ2n) is 4.46. The van der Waals surface area contributed by atoms with Gasteiger partial charge in [-0.25, -0.2) is 0 Å². The number of para-hydroxylation sites is 1. The summed E-state index contributed by atoms with van der Waals surface area (Å²) < 4.78 is 10.1. The normalized spacial score (nSPS) is 17.2. The minimum atomic E-state index is -0.723. The summed E-state index contributed by atoms with van der Waals surface area (Å²) in [6.45, 7) is 0.677. The molecule has 0 spiro atoms. The van der Waals surface area contributed by atoms with Gasteiger partial charge in [0.25, 0.3) is 0 Å². The Kier molecular flexibility index (Phi) is 2.52. The molecule has 1 aromatic heterocycles. The molecule has 4 nitrogen and oxygen atoms in total. The predicted octanol–water partition coefficient (Wildman–Crippen LogP) is 1.68. The Bertz CT molecular complexity index is 605. The Balaban J connectivity index is 2.10. The van der Waals surface area contributed by atoms with Crippen LogP contribution in [0.5, 0.6) is 0 Å². The second-order valence-corrected chi connectivity index (χ2v) is 4.46. The summed E-state index contributed by atoms with van der Waals surface area (Å²) in [5, 5.41) is 1.06. The molecule has 0 N–H and O–H groups in total. The van der Waals surface area contributed by atoms with Crippen molar-refractivity contribution >= 4 is 16.9 Å². The average Bonchev–Trinajstić information content (AvgIpc) is 2.37. The maximum absolute atomic E-state index is 11.9. The van der Waals surface area contributed by atoms with Gasteiger partial charge in [0.05, 0.1) is 31.5 Å². The standard InChI is InChI=1S/C14H13NO3/c1-17-13(16)14(8-18-9-14)12-7-6-10-4-2-3-5-11(10)15-12/h2-7H,8-9H2,1H3. The topological polar surface area (TPSA) is 48.4 Å². The number of fused-ring (bicyclic) bond motifs is 1. The maximum atomic E-state index is 11.9. The first-order valence-electron chi connectivity index (χ1n) is 5.79. The number of aromatic nitrogens is 1. The maximum Gasteiger partial charge on any atom is 0.322 e. The van der Waals surface area contributed by atoms with Crippen LogP contribution in [0.1, 0.15) is 5.69 Å². The van der Waals surface area contributed by atoms with Gasteiger partial charge in [0.2, 0.25) is 0 Å². The molecule has 92 valence electrons. The van der Waals surface area contributed by atoms with Crippen molar-refractivity contribution in [3.63, 3.8) is 0 Å². The van der Waals surface area contributed by atoms with Gasteiger partial charge in [-0.05, 0) is 12.1 Å². The molecule has 2 heterocycles. The molecule has 1 aliphatic heterocycles. The lowest BCUT2D eigenvalue weighted by Gasteiger charge is -2.37. The molecule has 18 heavy (non-hydrogen) atoms. The van der Waals surface area contributed by atoms with Crippen LogP contribution in [0.3, 0.4) is 0 Å². The molecule has 0 aliphatic carbocycles. The quantitative estimate of drug-likeness (QED) is 0.753. The van der Waals surface area contributed by atoms with E-state index in [-0.39, 0.29) is 5.97 Å². The van der Waals surface area contributed by atoms with Gasteiger partial charge in [-0.3, -0.25) is 9.78 Å². The molecular weight excluding hydrogens is 230 g/mol. The van der Waals surface area contributed by atoms with Crippen LogP contribution in [-0.2, 0) is 19.7 Å². The number of methoxy groups -OCH3 is 1. The largest absolute Gasteiger partial charge is 0.468 e. The summed E-state index contributed by atoms with van der Waals surface area (Å²) >= 11 is 0. The van der Waals surface area contributed by atoms with E-state index in [1.807, 2.05) is 36.4 Å². The summed E-state index contributed by atoms with van der Waals surface area (Å²) in [5.74, 6) is -0.281. The van der Waals surface area contributed by atoms with Gasteiger partial charge in [-0.1, -0.05) is 24.3 Å². The van der Waals surface area contributed by atoms with Gasteiger partial charge in [0.15, 0.2) is 5.41 Å². The summed E-state index contributed by atoms with van der Waals surface area (Å²) in [7, 11) is 1.39. The van der Waals surface area contributed by atoms with Gasteiger partial charge < -0.3 is 9.47 Å². The Hall–Kier alpha value is -1.94. The monoisotopic (exact) mass is 243 g/mol. The molecule has 0 unspecified atom stereocenters. The Morgan fingerprint density at radius 3 is 2.72 bits per heavy atom. The van der Waals surface area contributed by atoms with Crippen LogP contribution < -0.4 is 0 Å². The fourth-order valence-corrected chi connectivity index (χ4v) is 2.20. The number of esters is 1. The Morgan fingerprint density at radius 2 is 2.06 bits per heavy atom. The number of carbonyl (C=O) groups is 1. The van der Waals surface area contributed by atoms with Crippen LogP contribution in [0.2, 0.25) is 0 Å². The lowest BCUT2D eigenvalue weighted by atomic mass is 9.82. The zero-order valence-electron chi connectivity index (χ0n) is 10.1. The first-order valence-corrected chi connectivity index (χ1v) is 5.79. The third-order valence-electron chi connectivity index (χ3n) is 3.36. The summed E-state index contributed by atoms with van der Waals surface area (Å²) in [6.07, 6.45) is 0. The third kappa shape index (κ3) is 1.49. The SMILES string of the molecule is COC(=O)C1(c2ccc3ccccc3n2)COC1. The van der Waals surface area contributed by atoms with Crippen LogP contribution in [0, 0.1) is 0 Å². The summed E-state index contributed by atoms with van der Waals surface area (Å²) in [4.78, 5) is 16.5. The highest BCUT2D eigenvalue weighted by molar-refractivity contribution is 5.86. The molecular formula is C14H13NO3. The van der Waals surface area contributed by atoms with Crippen LogP contribution in [-0.4, -0.2) is 31.3 Å². The highest BCUT2D eigenvalue weighted by atomic mass is 16.5. The molecule has 0 saturated carbocycles. The molecule has 0 bridgehead atoms. The second kappa shape index (κ2) is 4.07. The lowest BCUT2D eigenvalue weighted by Crippen LogP contribution is -2.54. The first kappa shape index (κ1) is 11.2. The minimum Gasteiger partial charge on any atom is -0.468 e. The van der Waals surface area contributed by atoms with Crippen LogP contribution >= 0.6 is 0 Å². The van der Waals surface area contributed by atoms with Gasteiger partial charge in [-0.2, -0.15) is 0 Å². The smallest absolute Gasteiger partial charge is 0.322 e. The molecule has 4 heteroatoms. The van der Waals surface area contributed by atoms with E-state index in [2.05, 4.69) is 4.98 Å². The number of hydrogen-bond acceptors (Lipinski definition) is 4. The minimum absolute atomic E-state index is 0.281. The van der Waals surface area contributed by atoms with E-state index >= 15 is 0 Å². The highest BCUT2D eigenvalue weighted by Gasteiger charge is 2.50. The van der Waals surface area contributed by atoms with E-state index in [9.17, 15) is 4.79 Å². The Labute approximate surface area is 105 Å². The molecule has 3 rings (SSSR count). The van der Waals surface area contributed by atoms with Crippen molar-refractivity contribution < 1.29 is 14.3 Å². The van der Waals surface area contributed by atoms with Crippen molar-refractivity contribution in [1.82, 2.24) is 4.98 Å². The van der Waals surface area contributed by atoms with Crippen molar-refractivity contribution in [2.75, 3.05) is 20.3 Å². The molecule has 1 saturated heterocycles. The van der Waals surface area contributed by atoms with Gasteiger partial charge in [-0.15, -0.1) is 0 Å². The average molecular weight is 243 g/mol. The van der Waals surface area contributed by atoms with Crippen LogP contribution in [0.15, 0.2) is 36.4 Å². The van der Waals surface area contributed by atoms with E-state index in [4.69, 9.17) is 9.47 Å².